The Morgan fingerprint density at radius 1 is 1.12 bits per heavy atom. The Morgan fingerprint density at radius 3 is 2.73 bits per heavy atom. The summed E-state index contributed by atoms with van der Waals surface area (Å²) >= 11 is 0. The van der Waals surface area contributed by atoms with Crippen molar-refractivity contribution in [2.75, 3.05) is 18.1 Å². The van der Waals surface area contributed by atoms with Crippen LogP contribution < -0.4 is 4.90 Å². The van der Waals surface area contributed by atoms with Crippen LogP contribution in [-0.4, -0.2) is 43.7 Å². The highest BCUT2D eigenvalue weighted by Crippen LogP contribution is 2.43. The Labute approximate surface area is 236 Å². The highest BCUT2D eigenvalue weighted by atomic mass is 19.1. The molecule has 1 saturated carbocycles. The van der Waals surface area contributed by atoms with E-state index < -0.39 is 0 Å². The number of amides is 1. The molecule has 4 heterocycles. The molecule has 2 aromatic carbocycles. The van der Waals surface area contributed by atoms with Crippen LogP contribution in [0.3, 0.4) is 0 Å². The third-order valence-corrected chi connectivity index (χ3v) is 7.81. The third kappa shape index (κ3) is 4.59. The fraction of sp³-hybridized carbons (Fsp3) is 0.258. The summed E-state index contributed by atoms with van der Waals surface area (Å²) in [6.07, 6.45) is 7.13. The largest absolute Gasteiger partial charge is 0.498 e. The molecule has 1 amide bonds. The van der Waals surface area contributed by atoms with E-state index in [1.165, 1.54) is 6.07 Å². The molecule has 0 spiro atoms. The van der Waals surface area contributed by atoms with Crippen molar-refractivity contribution < 1.29 is 13.9 Å². The molecular weight excluding hydrogens is 521 g/mol. The topological polar surface area (TPSA) is 100 Å². The quantitative estimate of drug-likeness (QED) is 0.339. The molecule has 0 bridgehead atoms. The van der Waals surface area contributed by atoms with Crippen LogP contribution in [-0.2, 0) is 24.9 Å². The molecule has 1 fully saturated rings. The van der Waals surface area contributed by atoms with Crippen molar-refractivity contribution in [3.8, 4) is 28.6 Å². The number of aryl methyl sites for hydroxylation is 1. The van der Waals surface area contributed by atoms with Gasteiger partial charge >= 0.3 is 0 Å². The van der Waals surface area contributed by atoms with Gasteiger partial charge in [-0.3, -0.25) is 9.69 Å². The lowest BCUT2D eigenvalue weighted by atomic mass is 9.96. The third-order valence-electron chi connectivity index (χ3n) is 7.81. The Bertz CT molecular complexity index is 1770. The van der Waals surface area contributed by atoms with Crippen LogP contribution in [0.5, 0.6) is 0 Å². The van der Waals surface area contributed by atoms with Crippen LogP contribution in [0.25, 0.3) is 22.5 Å². The molecule has 9 nitrogen and oxygen atoms in total. The van der Waals surface area contributed by atoms with Gasteiger partial charge in [-0.05, 0) is 65.9 Å². The zero-order valence-corrected chi connectivity index (χ0v) is 22.4. The van der Waals surface area contributed by atoms with Gasteiger partial charge in [0.1, 0.15) is 24.6 Å². The van der Waals surface area contributed by atoms with Crippen molar-refractivity contribution >= 4 is 11.7 Å². The maximum Gasteiger partial charge on any atom is 0.260 e. The minimum atomic E-state index is -0.388. The standard InChI is InChI=1S/C31H26FN7O2/c1-37-18-34-36-30(37)24-10-19(15-33)2-5-23(24)22-13-28(21-3-4-21)35-29(14-22)39-17-26-25(31(39)40)11-20(12-27(26)32)16-38-6-8-41-9-7-38/h2,5-6,8,10-14,18,21H,3-4,7,9,16-17H2,1H3. The smallest absolute Gasteiger partial charge is 0.260 e. The first kappa shape index (κ1) is 25.0. The number of anilines is 1. The lowest BCUT2D eigenvalue weighted by molar-refractivity contribution is 0.0995. The average Bonchev–Trinajstić information content (AvgIpc) is 3.67. The predicted octanol–water partition coefficient (Wildman–Crippen LogP) is 4.90. The monoisotopic (exact) mass is 547 g/mol. The number of rotatable bonds is 6. The average molecular weight is 548 g/mol. The summed E-state index contributed by atoms with van der Waals surface area (Å²) in [7, 11) is 1.85. The van der Waals surface area contributed by atoms with E-state index in [0.717, 1.165) is 40.8 Å². The van der Waals surface area contributed by atoms with Crippen molar-refractivity contribution in [1.29, 1.82) is 5.26 Å². The van der Waals surface area contributed by atoms with Gasteiger partial charge in [-0.15, -0.1) is 10.2 Å². The number of hydrogen-bond donors (Lipinski definition) is 0. The van der Waals surface area contributed by atoms with Gasteiger partial charge in [-0.1, -0.05) is 6.07 Å². The summed E-state index contributed by atoms with van der Waals surface area (Å²) in [5, 5.41) is 17.9. The predicted molar refractivity (Wildman–Crippen MR) is 149 cm³/mol. The van der Waals surface area contributed by atoms with E-state index in [1.54, 1.807) is 40.3 Å². The molecule has 0 radical (unpaired) electrons. The van der Waals surface area contributed by atoms with Crippen molar-refractivity contribution in [2.24, 2.45) is 7.05 Å². The highest BCUT2D eigenvalue weighted by Gasteiger charge is 2.34. The van der Waals surface area contributed by atoms with Crippen molar-refractivity contribution in [3.05, 3.63) is 95.0 Å². The van der Waals surface area contributed by atoms with Gasteiger partial charge in [0.15, 0.2) is 5.82 Å². The number of pyridine rings is 1. The SMILES string of the molecule is Cn1cnnc1-c1cc(C#N)ccc1-c1cc(C2CC2)nc(N2Cc3c(F)cc(CN4C=COCC4)cc3C2=O)c1. The lowest BCUT2D eigenvalue weighted by Crippen LogP contribution is -2.25. The second-order valence-electron chi connectivity index (χ2n) is 10.7. The van der Waals surface area contributed by atoms with Crippen LogP contribution in [0, 0.1) is 17.1 Å². The van der Waals surface area contributed by atoms with Gasteiger partial charge in [-0.2, -0.15) is 5.26 Å². The molecule has 0 atom stereocenters. The minimum Gasteiger partial charge on any atom is -0.498 e. The van der Waals surface area contributed by atoms with E-state index >= 15 is 4.39 Å². The second-order valence-corrected chi connectivity index (χ2v) is 10.7. The van der Waals surface area contributed by atoms with Crippen molar-refractivity contribution in [3.63, 3.8) is 0 Å². The molecule has 41 heavy (non-hydrogen) atoms. The zero-order chi connectivity index (χ0) is 28.1. The number of carbonyl (C=O) groups excluding carboxylic acids is 1. The van der Waals surface area contributed by atoms with E-state index in [9.17, 15) is 10.1 Å². The maximum absolute atomic E-state index is 15.3. The van der Waals surface area contributed by atoms with Gasteiger partial charge < -0.3 is 14.2 Å². The van der Waals surface area contributed by atoms with Gasteiger partial charge in [0, 0.05) is 48.1 Å². The lowest BCUT2D eigenvalue weighted by Gasteiger charge is -2.23. The molecule has 1 aliphatic carbocycles. The van der Waals surface area contributed by atoms with Crippen molar-refractivity contribution in [2.45, 2.75) is 31.8 Å². The molecule has 2 aromatic heterocycles. The molecule has 2 aliphatic heterocycles. The number of nitriles is 1. The van der Waals surface area contributed by atoms with Gasteiger partial charge in [0.05, 0.1) is 31.0 Å². The van der Waals surface area contributed by atoms with Crippen molar-refractivity contribution in [1.82, 2.24) is 24.6 Å². The second kappa shape index (κ2) is 9.86. The highest BCUT2D eigenvalue weighted by molar-refractivity contribution is 6.10. The van der Waals surface area contributed by atoms with E-state index in [0.29, 0.717) is 53.9 Å². The summed E-state index contributed by atoms with van der Waals surface area (Å²) in [6, 6.07) is 14.9. The number of fused-ring (bicyclic) bond motifs is 1. The van der Waals surface area contributed by atoms with Gasteiger partial charge in [-0.25, -0.2) is 9.37 Å². The number of ether oxygens (including phenoxy) is 1. The fourth-order valence-corrected chi connectivity index (χ4v) is 5.50. The van der Waals surface area contributed by atoms with Crippen LogP contribution >= 0.6 is 0 Å². The molecule has 0 saturated heterocycles. The van der Waals surface area contributed by atoms with Crippen LogP contribution in [0.15, 0.2) is 61.3 Å². The zero-order valence-electron chi connectivity index (χ0n) is 22.4. The summed E-state index contributed by atoms with van der Waals surface area (Å²) in [5.74, 6) is 0.767. The fourth-order valence-electron chi connectivity index (χ4n) is 5.50. The first-order valence-corrected chi connectivity index (χ1v) is 13.5. The molecule has 7 rings (SSSR count). The number of aromatic nitrogens is 4. The van der Waals surface area contributed by atoms with E-state index in [2.05, 4.69) is 16.3 Å². The van der Waals surface area contributed by atoms with E-state index in [1.807, 2.05) is 36.3 Å². The van der Waals surface area contributed by atoms with E-state index in [4.69, 9.17) is 9.72 Å². The minimum absolute atomic E-state index is 0.113. The van der Waals surface area contributed by atoms with Crippen LogP contribution in [0.4, 0.5) is 10.2 Å². The number of nitrogens with zero attached hydrogens (tertiary/aromatic N) is 7. The molecule has 4 aromatic rings. The number of hydrogen-bond acceptors (Lipinski definition) is 7. The summed E-state index contributed by atoms with van der Waals surface area (Å²) in [6.45, 7) is 1.86. The first-order valence-electron chi connectivity index (χ1n) is 13.5. The molecule has 3 aliphatic rings. The van der Waals surface area contributed by atoms with E-state index in [-0.39, 0.29) is 18.3 Å². The summed E-state index contributed by atoms with van der Waals surface area (Å²) in [4.78, 5) is 22.2. The Kier molecular flexibility index (Phi) is 6.00. The molecule has 10 heteroatoms. The normalized spacial score (nSPS) is 16.1. The number of halogens is 1. The Hall–Kier alpha value is -5.04. The summed E-state index contributed by atoms with van der Waals surface area (Å²) in [5.41, 5.74) is 5.35. The van der Waals surface area contributed by atoms with Gasteiger partial charge in [0.25, 0.3) is 5.91 Å². The molecule has 0 N–H and O–H groups in total. The number of benzene rings is 2. The molecule has 204 valence electrons. The Balaban J connectivity index is 1.28. The number of carbonyl (C=O) groups is 1. The molecule has 0 unspecified atom stereocenters. The van der Waals surface area contributed by atoms with Gasteiger partial charge in [0.2, 0.25) is 0 Å². The van der Waals surface area contributed by atoms with Crippen LogP contribution in [0.2, 0.25) is 0 Å². The Morgan fingerprint density at radius 2 is 2.00 bits per heavy atom. The van der Waals surface area contributed by atoms with Crippen LogP contribution in [0.1, 0.15) is 51.5 Å². The first-order chi connectivity index (χ1) is 20.0. The maximum atomic E-state index is 15.3. The summed E-state index contributed by atoms with van der Waals surface area (Å²) < 4.78 is 22.4. The molecular formula is C31H26FN7O2.